The van der Waals surface area contributed by atoms with Crippen molar-refractivity contribution in [1.29, 1.82) is 0 Å². The predicted molar refractivity (Wildman–Crippen MR) is 98.4 cm³/mol. The van der Waals surface area contributed by atoms with E-state index in [0.717, 1.165) is 16.7 Å². The van der Waals surface area contributed by atoms with Crippen LogP contribution in [-0.4, -0.2) is 18.7 Å². The number of aryl methyl sites for hydroxylation is 1. The van der Waals surface area contributed by atoms with Gasteiger partial charge in [-0.1, -0.05) is 48.0 Å². The second-order valence-corrected chi connectivity index (χ2v) is 5.73. The van der Waals surface area contributed by atoms with Crippen molar-refractivity contribution >= 4 is 29.8 Å². The Morgan fingerprint density at radius 3 is 2.71 bits per heavy atom. The molecule has 5 heteroatoms. The summed E-state index contributed by atoms with van der Waals surface area (Å²) < 4.78 is 5.45. The number of halogens is 1. The number of benzene rings is 2. The summed E-state index contributed by atoms with van der Waals surface area (Å²) in [6, 6.07) is 15.1. The number of carbonyl (C=O) groups is 1. The van der Waals surface area contributed by atoms with E-state index in [1.54, 1.807) is 24.4 Å². The Morgan fingerprint density at radius 1 is 1.25 bits per heavy atom. The van der Waals surface area contributed by atoms with E-state index < -0.39 is 0 Å². The highest BCUT2D eigenvalue weighted by Crippen LogP contribution is 2.21. The summed E-state index contributed by atoms with van der Waals surface area (Å²) in [5.74, 6) is 0.298. The van der Waals surface area contributed by atoms with Crippen LogP contribution in [0.1, 0.15) is 18.1 Å². The van der Waals surface area contributed by atoms with Crippen LogP contribution in [0.25, 0.3) is 6.08 Å². The van der Waals surface area contributed by atoms with Gasteiger partial charge in [-0.25, -0.2) is 5.43 Å². The lowest BCUT2D eigenvalue weighted by Gasteiger charge is -2.08. The zero-order valence-electron chi connectivity index (χ0n) is 13.6. The van der Waals surface area contributed by atoms with Gasteiger partial charge in [0, 0.05) is 5.02 Å². The fourth-order valence-electron chi connectivity index (χ4n) is 2.01. The van der Waals surface area contributed by atoms with Gasteiger partial charge in [-0.3, -0.25) is 4.79 Å². The third-order valence-corrected chi connectivity index (χ3v) is 3.38. The fourth-order valence-corrected chi connectivity index (χ4v) is 2.23. The van der Waals surface area contributed by atoms with E-state index in [1.807, 2.05) is 50.3 Å². The summed E-state index contributed by atoms with van der Waals surface area (Å²) >= 11 is 5.88. The quantitative estimate of drug-likeness (QED) is 0.630. The molecule has 2 rings (SSSR count). The average Bonchev–Trinajstić information content (AvgIpc) is 2.55. The highest BCUT2D eigenvalue weighted by Gasteiger charge is 2.04. The summed E-state index contributed by atoms with van der Waals surface area (Å²) in [6.45, 7) is 3.67. The second-order valence-electron chi connectivity index (χ2n) is 5.29. The van der Waals surface area contributed by atoms with Gasteiger partial charge in [0.15, 0.2) is 6.61 Å². The van der Waals surface area contributed by atoms with E-state index in [2.05, 4.69) is 10.5 Å². The molecule has 0 aromatic heterocycles. The number of rotatable bonds is 6. The van der Waals surface area contributed by atoms with Crippen LogP contribution >= 0.6 is 11.6 Å². The molecule has 0 radical (unpaired) electrons. The van der Waals surface area contributed by atoms with E-state index in [0.29, 0.717) is 10.8 Å². The summed E-state index contributed by atoms with van der Waals surface area (Å²) in [5.41, 5.74) is 5.32. The molecule has 0 aliphatic carbocycles. The molecule has 0 fully saturated rings. The maximum absolute atomic E-state index is 11.7. The highest BCUT2D eigenvalue weighted by atomic mass is 35.5. The minimum Gasteiger partial charge on any atom is -0.483 e. The van der Waals surface area contributed by atoms with Crippen molar-refractivity contribution in [2.75, 3.05) is 6.61 Å². The molecule has 4 nitrogen and oxygen atoms in total. The third kappa shape index (κ3) is 5.89. The molecule has 0 saturated heterocycles. The third-order valence-electron chi connectivity index (χ3n) is 3.15. The maximum Gasteiger partial charge on any atom is 0.277 e. The van der Waals surface area contributed by atoms with Crippen LogP contribution in [0.2, 0.25) is 5.02 Å². The standard InChI is InChI=1S/C19H19ClN2O2/c1-14(10-16-6-4-3-5-7-16)12-21-22-19(23)13-24-18-9-8-17(20)11-15(18)2/h3-12H,13H2,1-2H3,(H,22,23)/b14-10+,21-12+. The molecule has 1 amide bonds. The average molecular weight is 343 g/mol. The van der Waals surface area contributed by atoms with Crippen molar-refractivity contribution in [1.82, 2.24) is 5.43 Å². The second kappa shape index (κ2) is 8.89. The van der Waals surface area contributed by atoms with Gasteiger partial charge in [-0.05, 0) is 48.7 Å². The molecule has 0 unspecified atom stereocenters. The van der Waals surface area contributed by atoms with Gasteiger partial charge >= 0.3 is 0 Å². The Bertz CT molecular complexity index is 755. The van der Waals surface area contributed by atoms with Crippen molar-refractivity contribution in [3.05, 3.63) is 70.3 Å². The molecule has 2 aromatic rings. The molecule has 1 N–H and O–H groups in total. The first-order valence-electron chi connectivity index (χ1n) is 7.49. The molecule has 0 saturated carbocycles. The Labute approximate surface area is 146 Å². The number of amides is 1. The van der Waals surface area contributed by atoms with Crippen LogP contribution in [0.4, 0.5) is 0 Å². The van der Waals surface area contributed by atoms with Crippen LogP contribution in [0.3, 0.4) is 0 Å². The van der Waals surface area contributed by atoms with E-state index in [4.69, 9.17) is 16.3 Å². The zero-order valence-corrected chi connectivity index (χ0v) is 14.4. The first kappa shape index (κ1) is 17.8. The molecule has 0 bridgehead atoms. The van der Waals surface area contributed by atoms with Crippen LogP contribution in [0, 0.1) is 6.92 Å². The number of carbonyl (C=O) groups excluding carboxylic acids is 1. The van der Waals surface area contributed by atoms with Crippen molar-refractivity contribution in [3.8, 4) is 5.75 Å². The minimum atomic E-state index is -0.326. The van der Waals surface area contributed by atoms with Crippen molar-refractivity contribution < 1.29 is 9.53 Å². The molecule has 124 valence electrons. The lowest BCUT2D eigenvalue weighted by Crippen LogP contribution is -2.24. The molecule has 24 heavy (non-hydrogen) atoms. The van der Waals surface area contributed by atoms with Gasteiger partial charge in [0.1, 0.15) is 5.75 Å². The number of allylic oxidation sites excluding steroid dienone is 1. The summed E-state index contributed by atoms with van der Waals surface area (Å²) in [5, 5.41) is 4.56. The van der Waals surface area contributed by atoms with E-state index >= 15 is 0 Å². The summed E-state index contributed by atoms with van der Waals surface area (Å²) in [4.78, 5) is 11.7. The fraction of sp³-hybridized carbons (Fsp3) is 0.158. The largest absolute Gasteiger partial charge is 0.483 e. The molecule has 0 aliphatic rings. The van der Waals surface area contributed by atoms with Crippen LogP contribution in [0.5, 0.6) is 5.75 Å². The SMILES string of the molecule is CC(/C=N/NC(=O)COc1ccc(Cl)cc1C)=C\c1ccccc1. The number of hydrogen-bond acceptors (Lipinski definition) is 3. The molecule has 0 spiro atoms. The smallest absolute Gasteiger partial charge is 0.277 e. The first-order valence-corrected chi connectivity index (χ1v) is 7.86. The summed E-state index contributed by atoms with van der Waals surface area (Å²) in [7, 11) is 0. The number of nitrogens with one attached hydrogen (secondary N) is 1. The monoisotopic (exact) mass is 342 g/mol. The van der Waals surface area contributed by atoms with Crippen LogP contribution < -0.4 is 10.2 Å². The van der Waals surface area contributed by atoms with E-state index in [-0.39, 0.29) is 12.5 Å². The lowest BCUT2D eigenvalue weighted by atomic mass is 10.1. The lowest BCUT2D eigenvalue weighted by molar-refractivity contribution is -0.123. The zero-order chi connectivity index (χ0) is 17.4. The van der Waals surface area contributed by atoms with Gasteiger partial charge in [0.2, 0.25) is 0 Å². The molecular formula is C19H19ClN2O2. The van der Waals surface area contributed by atoms with E-state index in [1.165, 1.54) is 0 Å². The topological polar surface area (TPSA) is 50.7 Å². The number of ether oxygens (including phenoxy) is 1. The minimum absolute atomic E-state index is 0.110. The number of nitrogens with zero attached hydrogens (tertiary/aromatic N) is 1. The van der Waals surface area contributed by atoms with Gasteiger partial charge in [-0.2, -0.15) is 5.10 Å². The molecule has 0 aliphatic heterocycles. The van der Waals surface area contributed by atoms with Crippen molar-refractivity contribution in [2.45, 2.75) is 13.8 Å². The normalized spacial score (nSPS) is 11.5. The predicted octanol–water partition coefficient (Wildman–Crippen LogP) is 4.23. The number of hydrazone groups is 1. The number of hydrogen-bond donors (Lipinski definition) is 1. The van der Waals surface area contributed by atoms with Gasteiger partial charge in [0.05, 0.1) is 6.21 Å². The Kier molecular flexibility index (Phi) is 6.58. The highest BCUT2D eigenvalue weighted by molar-refractivity contribution is 6.30. The molecule has 2 aromatic carbocycles. The van der Waals surface area contributed by atoms with Gasteiger partial charge < -0.3 is 4.74 Å². The van der Waals surface area contributed by atoms with Crippen molar-refractivity contribution in [2.24, 2.45) is 5.10 Å². The Morgan fingerprint density at radius 2 is 2.00 bits per heavy atom. The first-order chi connectivity index (χ1) is 11.5. The Balaban J connectivity index is 1.81. The Hall–Kier alpha value is -2.59. The summed E-state index contributed by atoms with van der Waals surface area (Å²) in [6.07, 6.45) is 3.57. The van der Waals surface area contributed by atoms with Gasteiger partial charge in [0.25, 0.3) is 5.91 Å². The molecule has 0 heterocycles. The van der Waals surface area contributed by atoms with E-state index in [9.17, 15) is 4.79 Å². The van der Waals surface area contributed by atoms with Crippen LogP contribution in [-0.2, 0) is 4.79 Å². The van der Waals surface area contributed by atoms with Crippen LogP contribution in [0.15, 0.2) is 59.2 Å². The van der Waals surface area contributed by atoms with Gasteiger partial charge in [-0.15, -0.1) is 0 Å². The van der Waals surface area contributed by atoms with Crippen molar-refractivity contribution in [3.63, 3.8) is 0 Å². The molecule has 0 atom stereocenters. The maximum atomic E-state index is 11.7. The molecular weight excluding hydrogens is 324 g/mol.